The van der Waals surface area contributed by atoms with Crippen LogP contribution >= 0.6 is 11.3 Å². The summed E-state index contributed by atoms with van der Waals surface area (Å²) in [6, 6.07) is 6.19. The molecule has 1 aromatic carbocycles. The summed E-state index contributed by atoms with van der Waals surface area (Å²) >= 11 is 1.12. The fourth-order valence-corrected chi connectivity index (χ4v) is 6.64. The molecule has 1 aromatic heterocycles. The van der Waals surface area contributed by atoms with Gasteiger partial charge in [0.1, 0.15) is 15.6 Å². The van der Waals surface area contributed by atoms with Crippen molar-refractivity contribution < 1.29 is 17.6 Å². The zero-order valence-corrected chi connectivity index (χ0v) is 17.6. The van der Waals surface area contributed by atoms with Crippen molar-refractivity contribution in [2.45, 2.75) is 43.2 Å². The highest BCUT2D eigenvalue weighted by atomic mass is 32.2. The Morgan fingerprint density at radius 2 is 2.14 bits per heavy atom. The maximum atomic E-state index is 13.6. The number of halogens is 1. The average molecular weight is 438 g/mol. The number of thiophene rings is 1. The van der Waals surface area contributed by atoms with Gasteiger partial charge in [-0.3, -0.25) is 4.79 Å². The quantitative estimate of drug-likeness (QED) is 0.754. The molecule has 156 valence electrons. The van der Waals surface area contributed by atoms with Crippen molar-refractivity contribution >= 4 is 27.3 Å². The summed E-state index contributed by atoms with van der Waals surface area (Å²) < 4.78 is 41.3. The summed E-state index contributed by atoms with van der Waals surface area (Å²) in [7, 11) is -3.85. The minimum absolute atomic E-state index is 0.0245. The smallest absolute Gasteiger partial charge is 0.262 e. The Hall–Kier alpha value is -1.81. The molecule has 0 saturated carbocycles. The van der Waals surface area contributed by atoms with Crippen LogP contribution in [-0.4, -0.2) is 44.3 Å². The normalized spacial score (nSPS) is 20.2. The lowest BCUT2D eigenvalue weighted by Gasteiger charge is -2.28. The van der Waals surface area contributed by atoms with Crippen LogP contribution in [-0.2, 0) is 23.0 Å². The van der Waals surface area contributed by atoms with Gasteiger partial charge >= 0.3 is 0 Å². The number of carbonyl (C=O) groups excluding carboxylic acids is 1. The highest BCUT2D eigenvalue weighted by Crippen LogP contribution is 2.29. The van der Waals surface area contributed by atoms with Gasteiger partial charge in [0.05, 0.1) is 0 Å². The fraction of sp³-hybridized carbons (Fsp3) is 0.450. The molecule has 1 amide bonds. The molecule has 0 radical (unpaired) electrons. The number of hydrogen-bond donors (Lipinski definition) is 2. The highest BCUT2D eigenvalue weighted by molar-refractivity contribution is 7.89. The molecule has 0 unspecified atom stereocenters. The molecule has 1 saturated heterocycles. The molecule has 2 aliphatic rings. The van der Waals surface area contributed by atoms with Gasteiger partial charge in [-0.05, 0) is 60.5 Å². The molecule has 2 aliphatic heterocycles. The largest absolute Gasteiger partial charge is 0.350 e. The Bertz CT molecular complexity index is 1000. The van der Waals surface area contributed by atoms with Crippen LogP contribution < -0.4 is 10.6 Å². The van der Waals surface area contributed by atoms with Crippen molar-refractivity contribution in [2.24, 2.45) is 0 Å². The topological polar surface area (TPSA) is 78.5 Å². The standard InChI is InChI=1S/C20H24FN3O3S2/c21-16-5-4-14-6-9-24(13-15(14)11-16)29(26,27)18-7-10-28-19(18)20(25)23-12-17-3-1-2-8-22-17/h4-5,7,10-11,17,22H,1-3,6,8-9,12-13H2,(H,23,25)/t17-/m1/s1. The maximum absolute atomic E-state index is 13.6. The van der Waals surface area contributed by atoms with Gasteiger partial charge in [-0.15, -0.1) is 11.3 Å². The molecule has 2 aromatic rings. The van der Waals surface area contributed by atoms with E-state index in [4.69, 9.17) is 0 Å². The fourth-order valence-electron chi connectivity index (χ4n) is 3.90. The van der Waals surface area contributed by atoms with E-state index in [0.29, 0.717) is 25.1 Å². The third kappa shape index (κ3) is 4.37. The van der Waals surface area contributed by atoms with Crippen LogP contribution in [0, 0.1) is 5.82 Å². The second kappa shape index (κ2) is 8.51. The molecule has 3 heterocycles. The van der Waals surface area contributed by atoms with Gasteiger partial charge in [-0.25, -0.2) is 12.8 Å². The van der Waals surface area contributed by atoms with Crippen LogP contribution in [0.5, 0.6) is 0 Å². The van der Waals surface area contributed by atoms with Crippen molar-refractivity contribution in [1.29, 1.82) is 0 Å². The van der Waals surface area contributed by atoms with Gasteiger partial charge in [0.15, 0.2) is 0 Å². The summed E-state index contributed by atoms with van der Waals surface area (Å²) in [5, 5.41) is 7.85. The van der Waals surface area contributed by atoms with Crippen molar-refractivity contribution in [1.82, 2.24) is 14.9 Å². The first kappa shape index (κ1) is 20.5. The van der Waals surface area contributed by atoms with E-state index >= 15 is 0 Å². The van der Waals surface area contributed by atoms with Crippen molar-refractivity contribution in [3.63, 3.8) is 0 Å². The van der Waals surface area contributed by atoms with E-state index in [0.717, 1.165) is 42.7 Å². The number of piperidine rings is 1. The first-order chi connectivity index (χ1) is 13.9. The second-order valence-corrected chi connectivity index (χ2v) is 10.3. The molecule has 4 rings (SSSR count). The number of hydrogen-bond acceptors (Lipinski definition) is 5. The number of amides is 1. The summed E-state index contributed by atoms with van der Waals surface area (Å²) in [4.78, 5) is 12.9. The minimum Gasteiger partial charge on any atom is -0.350 e. The zero-order valence-electron chi connectivity index (χ0n) is 16.0. The van der Waals surface area contributed by atoms with Gasteiger partial charge in [0, 0.05) is 25.7 Å². The molecule has 1 atom stereocenters. The average Bonchev–Trinajstić information content (AvgIpc) is 3.23. The summed E-state index contributed by atoms with van der Waals surface area (Å²) in [6.45, 7) is 1.84. The molecule has 0 aliphatic carbocycles. The van der Waals surface area contributed by atoms with Crippen LogP contribution in [0.1, 0.15) is 40.1 Å². The van der Waals surface area contributed by atoms with Crippen molar-refractivity contribution in [2.75, 3.05) is 19.6 Å². The molecule has 1 fully saturated rings. The number of benzene rings is 1. The molecule has 9 heteroatoms. The number of rotatable bonds is 5. The van der Waals surface area contributed by atoms with Gasteiger partial charge in [-0.1, -0.05) is 12.5 Å². The maximum Gasteiger partial charge on any atom is 0.262 e. The lowest BCUT2D eigenvalue weighted by atomic mass is 10.0. The monoisotopic (exact) mass is 437 g/mol. The SMILES string of the molecule is O=C(NC[C@H]1CCCCN1)c1sccc1S(=O)(=O)N1CCc2ccc(F)cc2C1. The first-order valence-electron chi connectivity index (χ1n) is 9.81. The van der Waals surface area contributed by atoms with Crippen LogP contribution in [0.3, 0.4) is 0 Å². The number of sulfonamides is 1. The Morgan fingerprint density at radius 1 is 1.28 bits per heavy atom. The summed E-state index contributed by atoms with van der Waals surface area (Å²) in [5.74, 6) is -0.746. The molecular weight excluding hydrogens is 413 g/mol. The Labute approximate surface area is 174 Å². The molecule has 0 bridgehead atoms. The molecule has 6 nitrogen and oxygen atoms in total. The van der Waals surface area contributed by atoms with E-state index in [1.807, 2.05) is 0 Å². The van der Waals surface area contributed by atoms with E-state index in [1.54, 1.807) is 11.4 Å². The Kier molecular flexibility index (Phi) is 6.00. The molecule has 0 spiro atoms. The van der Waals surface area contributed by atoms with E-state index in [-0.39, 0.29) is 34.1 Å². The number of nitrogens with one attached hydrogen (secondary N) is 2. The first-order valence-corrected chi connectivity index (χ1v) is 12.1. The Balaban J connectivity index is 1.49. The van der Waals surface area contributed by atoms with Crippen LogP contribution in [0.15, 0.2) is 34.5 Å². The predicted molar refractivity (Wildman–Crippen MR) is 110 cm³/mol. The second-order valence-electron chi connectivity index (χ2n) is 7.47. The molecule has 2 N–H and O–H groups in total. The predicted octanol–water partition coefficient (Wildman–Crippen LogP) is 2.51. The third-order valence-corrected chi connectivity index (χ3v) is 8.45. The van der Waals surface area contributed by atoms with Crippen LogP contribution in [0.2, 0.25) is 0 Å². The summed E-state index contributed by atoms with van der Waals surface area (Å²) in [6.07, 6.45) is 3.79. The third-order valence-electron chi connectivity index (χ3n) is 5.52. The lowest BCUT2D eigenvalue weighted by Crippen LogP contribution is -2.43. The van der Waals surface area contributed by atoms with Crippen LogP contribution in [0.25, 0.3) is 0 Å². The van der Waals surface area contributed by atoms with Crippen LogP contribution in [0.4, 0.5) is 4.39 Å². The Morgan fingerprint density at radius 3 is 2.93 bits per heavy atom. The van der Waals surface area contributed by atoms with Gasteiger partial charge in [0.25, 0.3) is 5.91 Å². The number of fused-ring (bicyclic) bond motifs is 1. The van der Waals surface area contributed by atoms with Gasteiger partial charge in [-0.2, -0.15) is 4.31 Å². The van der Waals surface area contributed by atoms with E-state index in [9.17, 15) is 17.6 Å². The van der Waals surface area contributed by atoms with Crippen molar-refractivity contribution in [3.05, 3.63) is 51.5 Å². The number of carbonyl (C=O) groups is 1. The van der Waals surface area contributed by atoms with Gasteiger partial charge < -0.3 is 10.6 Å². The van der Waals surface area contributed by atoms with E-state index < -0.39 is 10.0 Å². The lowest BCUT2D eigenvalue weighted by molar-refractivity contribution is 0.0948. The minimum atomic E-state index is -3.85. The van der Waals surface area contributed by atoms with Gasteiger partial charge in [0.2, 0.25) is 10.0 Å². The number of nitrogens with zero attached hydrogens (tertiary/aromatic N) is 1. The molecule has 29 heavy (non-hydrogen) atoms. The van der Waals surface area contributed by atoms with E-state index in [1.165, 1.54) is 22.5 Å². The summed E-state index contributed by atoms with van der Waals surface area (Å²) in [5.41, 5.74) is 1.63. The zero-order chi connectivity index (χ0) is 20.4. The van der Waals surface area contributed by atoms with Crippen molar-refractivity contribution in [3.8, 4) is 0 Å². The molecular formula is C20H24FN3O3S2. The van der Waals surface area contributed by atoms with E-state index in [2.05, 4.69) is 10.6 Å². The highest BCUT2D eigenvalue weighted by Gasteiger charge is 2.32.